The first-order valence-corrected chi connectivity index (χ1v) is 9.73. The molecule has 1 spiro atoms. The van der Waals surface area contributed by atoms with Crippen molar-refractivity contribution in [3.63, 3.8) is 0 Å². The van der Waals surface area contributed by atoms with Crippen molar-refractivity contribution in [2.45, 2.75) is 39.5 Å². The molecule has 0 heterocycles. The van der Waals surface area contributed by atoms with E-state index >= 15 is 0 Å². The van der Waals surface area contributed by atoms with Gasteiger partial charge in [-0.3, -0.25) is 9.59 Å². The fraction of sp³-hybridized carbons (Fsp3) is 0.500. The van der Waals surface area contributed by atoms with Crippen molar-refractivity contribution in [2.75, 3.05) is 0 Å². The Morgan fingerprint density at radius 1 is 0.885 bits per heavy atom. The molecule has 0 amide bonds. The van der Waals surface area contributed by atoms with Gasteiger partial charge in [-0.15, -0.1) is 0 Å². The molecule has 1 unspecified atom stereocenters. The van der Waals surface area contributed by atoms with Crippen LogP contribution in [0.5, 0.6) is 0 Å². The minimum absolute atomic E-state index is 0.111. The molecule has 2 nitrogen and oxygen atoms in total. The lowest BCUT2D eigenvalue weighted by atomic mass is 9.04. The van der Waals surface area contributed by atoms with Crippen LogP contribution < -0.4 is 0 Å². The van der Waals surface area contributed by atoms with Gasteiger partial charge in [0.25, 0.3) is 0 Å². The summed E-state index contributed by atoms with van der Waals surface area (Å²) in [5.74, 6) is 0.750. The van der Waals surface area contributed by atoms with Crippen LogP contribution in [0.1, 0.15) is 39.7 Å². The molecular weight excluding hydrogens is 320 g/mol. The molecule has 0 aliphatic heterocycles. The van der Waals surface area contributed by atoms with Gasteiger partial charge in [-0.25, -0.2) is 0 Å². The molecule has 132 valence electrons. The molecule has 1 aromatic carbocycles. The second-order valence-corrected chi connectivity index (χ2v) is 9.98. The fourth-order valence-electron chi connectivity index (χ4n) is 9.04. The summed E-state index contributed by atoms with van der Waals surface area (Å²) in [7, 11) is 0. The predicted octanol–water partition coefficient (Wildman–Crippen LogP) is 4.26. The molecule has 9 rings (SSSR count). The summed E-state index contributed by atoms with van der Waals surface area (Å²) in [5.41, 5.74) is -1.72. The Morgan fingerprint density at radius 3 is 2.27 bits per heavy atom. The van der Waals surface area contributed by atoms with Crippen LogP contribution in [0.4, 0.5) is 0 Å². The Balaban J connectivity index is 1.80. The fourth-order valence-corrected chi connectivity index (χ4v) is 9.04. The molecule has 6 bridgehead atoms. The summed E-state index contributed by atoms with van der Waals surface area (Å²) in [6.07, 6.45) is 9.47. The normalized spacial score (nSPS) is 57.5. The Kier molecular flexibility index (Phi) is 2.07. The zero-order valence-corrected chi connectivity index (χ0v) is 15.8. The monoisotopic (exact) mass is 344 g/mol. The molecule has 0 saturated heterocycles. The SMILES string of the molecule is C[C@]12C(=O)[C@@]3(C)C[C@@]4(c5ccccc5)[C@@]3(C)C(=O)[C@@]1(C)C1C=CC=C[C@@]124. The molecule has 0 aromatic heterocycles. The smallest absolute Gasteiger partial charge is 0.148 e. The summed E-state index contributed by atoms with van der Waals surface area (Å²) in [6.45, 7) is 8.32. The van der Waals surface area contributed by atoms with Crippen LogP contribution in [-0.4, -0.2) is 11.6 Å². The lowest BCUT2D eigenvalue weighted by Gasteiger charge is -2.95. The highest BCUT2D eigenvalue weighted by Gasteiger charge is 3.03. The summed E-state index contributed by atoms with van der Waals surface area (Å²) in [5, 5.41) is 0. The molecule has 2 heteroatoms. The van der Waals surface area contributed by atoms with Gasteiger partial charge in [-0.1, -0.05) is 82.3 Å². The number of allylic oxidation sites excluding steroid dienone is 4. The van der Waals surface area contributed by atoms with E-state index in [1.165, 1.54) is 5.56 Å². The molecule has 7 atom stereocenters. The van der Waals surface area contributed by atoms with E-state index in [4.69, 9.17) is 0 Å². The van der Waals surface area contributed by atoms with Crippen LogP contribution in [0, 0.1) is 33.0 Å². The van der Waals surface area contributed by atoms with Crippen molar-refractivity contribution in [2.24, 2.45) is 33.0 Å². The zero-order valence-electron chi connectivity index (χ0n) is 15.8. The van der Waals surface area contributed by atoms with Crippen LogP contribution in [0.2, 0.25) is 0 Å². The number of hydrogen-bond acceptors (Lipinski definition) is 2. The molecular formula is C24H24O2. The molecule has 1 aromatic rings. The predicted molar refractivity (Wildman–Crippen MR) is 99.4 cm³/mol. The molecule has 7 saturated carbocycles. The molecule has 0 radical (unpaired) electrons. The third-order valence-electron chi connectivity index (χ3n) is 10.2. The van der Waals surface area contributed by atoms with E-state index in [1.807, 2.05) is 6.07 Å². The molecule has 0 N–H and O–H groups in total. The van der Waals surface area contributed by atoms with Crippen LogP contribution in [0.3, 0.4) is 0 Å². The molecule has 8 aliphatic rings. The van der Waals surface area contributed by atoms with Gasteiger partial charge >= 0.3 is 0 Å². The third-order valence-corrected chi connectivity index (χ3v) is 10.2. The van der Waals surface area contributed by atoms with E-state index in [0.29, 0.717) is 11.6 Å². The first-order valence-electron chi connectivity index (χ1n) is 9.73. The van der Waals surface area contributed by atoms with Gasteiger partial charge < -0.3 is 0 Å². The van der Waals surface area contributed by atoms with Crippen LogP contribution in [0.15, 0.2) is 54.6 Å². The van der Waals surface area contributed by atoms with E-state index in [0.717, 1.165) is 6.42 Å². The maximum absolute atomic E-state index is 14.1. The van der Waals surface area contributed by atoms with Crippen LogP contribution in [0.25, 0.3) is 0 Å². The van der Waals surface area contributed by atoms with Crippen molar-refractivity contribution >= 4 is 11.6 Å². The summed E-state index contributed by atoms with van der Waals surface area (Å²) in [4.78, 5) is 28.0. The Bertz CT molecular complexity index is 989. The van der Waals surface area contributed by atoms with E-state index in [1.54, 1.807) is 0 Å². The Labute approximate surface area is 154 Å². The zero-order chi connectivity index (χ0) is 18.4. The van der Waals surface area contributed by atoms with E-state index in [2.05, 4.69) is 76.3 Å². The van der Waals surface area contributed by atoms with Crippen molar-refractivity contribution in [3.8, 4) is 0 Å². The third kappa shape index (κ3) is 0.852. The van der Waals surface area contributed by atoms with Gasteiger partial charge in [0.05, 0.1) is 5.41 Å². The first kappa shape index (κ1) is 15.1. The highest BCUT2D eigenvalue weighted by Crippen LogP contribution is 2.98. The van der Waals surface area contributed by atoms with Gasteiger partial charge in [-0.2, -0.15) is 0 Å². The number of carbonyl (C=O) groups excluding carboxylic acids is 2. The van der Waals surface area contributed by atoms with E-state index < -0.39 is 21.7 Å². The highest BCUT2D eigenvalue weighted by molar-refractivity contribution is 6.17. The summed E-state index contributed by atoms with van der Waals surface area (Å²) in [6, 6.07) is 10.5. The molecule has 8 aliphatic carbocycles. The number of ketones is 2. The lowest BCUT2D eigenvalue weighted by molar-refractivity contribution is -0.372. The van der Waals surface area contributed by atoms with Gasteiger partial charge in [0.15, 0.2) is 0 Å². The van der Waals surface area contributed by atoms with Crippen molar-refractivity contribution in [1.29, 1.82) is 0 Å². The first-order chi connectivity index (χ1) is 12.2. The standard InChI is InChI=1S/C24H24O2/c1-19-14-24(15-10-6-5-7-11-15)21(19,3)18(26)20(2)16-12-8-9-13-23(16,24)22(20,4)17(19)25/h5-13,16H,14H2,1-4H3/t16?,19-,20-,21+,22+,23-,24-/m1/s1. The minimum Gasteiger partial charge on any atom is -0.298 e. The highest BCUT2D eigenvalue weighted by atomic mass is 16.2. The average molecular weight is 344 g/mol. The van der Waals surface area contributed by atoms with E-state index in [-0.39, 0.29) is 16.7 Å². The van der Waals surface area contributed by atoms with E-state index in [9.17, 15) is 9.59 Å². The van der Waals surface area contributed by atoms with Crippen LogP contribution >= 0.6 is 0 Å². The van der Waals surface area contributed by atoms with Crippen molar-refractivity contribution in [3.05, 3.63) is 60.2 Å². The largest absolute Gasteiger partial charge is 0.298 e. The van der Waals surface area contributed by atoms with Gasteiger partial charge in [-0.05, 0) is 12.0 Å². The number of carbonyl (C=O) groups is 2. The second-order valence-electron chi connectivity index (χ2n) is 9.98. The van der Waals surface area contributed by atoms with Crippen LogP contribution in [-0.2, 0) is 15.0 Å². The second kappa shape index (κ2) is 3.56. The molecule has 26 heavy (non-hydrogen) atoms. The topological polar surface area (TPSA) is 34.1 Å². The summed E-state index contributed by atoms with van der Waals surface area (Å²) >= 11 is 0. The number of Topliss-reactive ketones (excluding diaryl/α,β-unsaturated/α-hetero) is 2. The lowest BCUT2D eigenvalue weighted by Crippen LogP contribution is -3.00. The number of benzene rings is 1. The Hall–Kier alpha value is -1.96. The minimum atomic E-state index is -0.628. The molecule has 7 fully saturated rings. The average Bonchev–Trinajstić information content (AvgIpc) is 2.66. The maximum Gasteiger partial charge on any atom is 0.148 e. The van der Waals surface area contributed by atoms with Gasteiger partial charge in [0.1, 0.15) is 11.6 Å². The van der Waals surface area contributed by atoms with Gasteiger partial charge in [0.2, 0.25) is 0 Å². The Morgan fingerprint density at radius 2 is 1.58 bits per heavy atom. The van der Waals surface area contributed by atoms with Gasteiger partial charge in [0, 0.05) is 33.0 Å². The van der Waals surface area contributed by atoms with Crippen molar-refractivity contribution in [1.82, 2.24) is 0 Å². The summed E-state index contributed by atoms with van der Waals surface area (Å²) < 4.78 is 0. The maximum atomic E-state index is 14.1. The van der Waals surface area contributed by atoms with Crippen molar-refractivity contribution < 1.29 is 9.59 Å². The number of rotatable bonds is 1. The quantitative estimate of drug-likeness (QED) is 0.763. The number of hydrogen-bond donors (Lipinski definition) is 0.